The summed E-state index contributed by atoms with van der Waals surface area (Å²) in [5, 5.41) is 2.78. The first kappa shape index (κ1) is 28.8. The van der Waals surface area contributed by atoms with E-state index in [9.17, 15) is 26.8 Å². The molecule has 202 valence electrons. The highest BCUT2D eigenvalue weighted by atomic mass is 32.2. The van der Waals surface area contributed by atoms with Crippen LogP contribution in [0.25, 0.3) is 0 Å². The molecule has 1 N–H and O–H groups in total. The molecular weight excluding hydrogens is 512 g/mol. The number of para-hydroxylation sites is 1. The van der Waals surface area contributed by atoms with Crippen LogP contribution in [-0.2, 0) is 26.2 Å². The number of sulfonamides is 1. The molecule has 0 spiro atoms. The summed E-state index contributed by atoms with van der Waals surface area (Å²) in [4.78, 5) is 27.9. The minimum Gasteiger partial charge on any atom is -0.354 e. The molecule has 38 heavy (non-hydrogen) atoms. The molecule has 0 bridgehead atoms. The lowest BCUT2D eigenvalue weighted by atomic mass is 10.1. The van der Waals surface area contributed by atoms with E-state index in [1.54, 1.807) is 13.0 Å². The van der Waals surface area contributed by atoms with Crippen molar-refractivity contribution in [1.29, 1.82) is 0 Å². The zero-order valence-electron chi connectivity index (χ0n) is 21.3. The molecule has 3 aromatic carbocycles. The van der Waals surface area contributed by atoms with Gasteiger partial charge in [0.1, 0.15) is 24.2 Å². The lowest BCUT2D eigenvalue weighted by Gasteiger charge is -2.33. The van der Waals surface area contributed by atoms with Gasteiger partial charge in [-0.2, -0.15) is 0 Å². The summed E-state index contributed by atoms with van der Waals surface area (Å²) in [6.45, 7) is 3.20. The normalized spacial score (nSPS) is 12.0. The van der Waals surface area contributed by atoms with Crippen LogP contribution < -0.4 is 9.62 Å². The van der Waals surface area contributed by atoms with Crippen LogP contribution in [0.15, 0.2) is 83.8 Å². The first-order valence-electron chi connectivity index (χ1n) is 12.3. The van der Waals surface area contributed by atoms with Gasteiger partial charge < -0.3 is 10.2 Å². The van der Waals surface area contributed by atoms with Crippen molar-refractivity contribution >= 4 is 27.5 Å². The number of carbonyl (C=O) groups excluding carboxylic acids is 2. The molecule has 0 saturated heterocycles. The van der Waals surface area contributed by atoms with Gasteiger partial charge in [-0.3, -0.25) is 13.9 Å². The maximum absolute atomic E-state index is 14.9. The van der Waals surface area contributed by atoms with E-state index in [0.717, 1.165) is 6.07 Å². The van der Waals surface area contributed by atoms with Crippen LogP contribution in [0.4, 0.5) is 14.5 Å². The van der Waals surface area contributed by atoms with E-state index >= 15 is 0 Å². The zero-order valence-corrected chi connectivity index (χ0v) is 22.1. The van der Waals surface area contributed by atoms with Crippen LogP contribution in [0.3, 0.4) is 0 Å². The van der Waals surface area contributed by atoms with E-state index < -0.39 is 46.1 Å². The molecule has 0 heterocycles. The number of benzene rings is 3. The Morgan fingerprint density at radius 2 is 1.53 bits per heavy atom. The number of halogens is 2. The number of hydrogen-bond acceptors (Lipinski definition) is 4. The summed E-state index contributed by atoms with van der Waals surface area (Å²) in [5.74, 6) is -2.39. The number of anilines is 1. The van der Waals surface area contributed by atoms with E-state index in [0.29, 0.717) is 22.8 Å². The average Bonchev–Trinajstić information content (AvgIpc) is 2.92. The monoisotopic (exact) mass is 543 g/mol. The molecule has 0 aromatic heterocycles. The fraction of sp³-hybridized carbons (Fsp3) is 0.286. The largest absolute Gasteiger partial charge is 0.354 e. The van der Waals surface area contributed by atoms with E-state index in [1.807, 2.05) is 6.92 Å². The van der Waals surface area contributed by atoms with Crippen LogP contribution in [-0.4, -0.2) is 44.3 Å². The Hall–Kier alpha value is -3.79. The Balaban J connectivity index is 2.04. The molecular formula is C28H31F2N3O4S. The van der Waals surface area contributed by atoms with Gasteiger partial charge in [-0.25, -0.2) is 17.2 Å². The molecule has 0 fully saturated rings. The summed E-state index contributed by atoms with van der Waals surface area (Å²) < 4.78 is 56.4. The lowest BCUT2D eigenvalue weighted by molar-refractivity contribution is -0.140. The second-order valence-electron chi connectivity index (χ2n) is 8.64. The first-order valence-corrected chi connectivity index (χ1v) is 13.8. The third-order valence-electron chi connectivity index (χ3n) is 5.93. The topological polar surface area (TPSA) is 86.8 Å². The SMILES string of the molecule is CCCNC(=O)[C@H](CC)N(Cc1ccc(F)cc1)C(=O)CN(c1ccccc1F)S(=O)(=O)c1ccccc1. The average molecular weight is 544 g/mol. The van der Waals surface area contributed by atoms with Gasteiger partial charge in [0.2, 0.25) is 11.8 Å². The van der Waals surface area contributed by atoms with Crippen molar-refractivity contribution in [3.8, 4) is 0 Å². The van der Waals surface area contributed by atoms with Crippen LogP contribution in [0.1, 0.15) is 32.3 Å². The fourth-order valence-electron chi connectivity index (χ4n) is 3.96. The number of carbonyl (C=O) groups is 2. The maximum Gasteiger partial charge on any atom is 0.264 e. The highest BCUT2D eigenvalue weighted by Crippen LogP contribution is 2.27. The molecule has 1 atom stereocenters. The smallest absolute Gasteiger partial charge is 0.264 e. The summed E-state index contributed by atoms with van der Waals surface area (Å²) in [6.07, 6.45) is 0.929. The highest BCUT2D eigenvalue weighted by molar-refractivity contribution is 7.92. The molecule has 0 aliphatic heterocycles. The Kier molecular flexibility index (Phi) is 9.95. The van der Waals surface area contributed by atoms with Crippen LogP contribution in [0.5, 0.6) is 0 Å². The molecule has 7 nitrogen and oxygen atoms in total. The van der Waals surface area contributed by atoms with E-state index in [1.165, 1.54) is 71.6 Å². The zero-order chi connectivity index (χ0) is 27.7. The summed E-state index contributed by atoms with van der Waals surface area (Å²) in [7, 11) is -4.35. The molecule has 10 heteroatoms. The number of nitrogens with zero attached hydrogens (tertiary/aromatic N) is 2. The van der Waals surface area contributed by atoms with E-state index in [4.69, 9.17) is 0 Å². The van der Waals surface area contributed by atoms with Gasteiger partial charge in [-0.05, 0) is 54.8 Å². The van der Waals surface area contributed by atoms with Crippen LogP contribution in [0.2, 0.25) is 0 Å². The van der Waals surface area contributed by atoms with Crippen LogP contribution in [0, 0.1) is 11.6 Å². The van der Waals surface area contributed by atoms with Crippen molar-refractivity contribution in [2.75, 3.05) is 17.4 Å². The minimum atomic E-state index is -4.35. The van der Waals surface area contributed by atoms with E-state index in [-0.39, 0.29) is 23.5 Å². The molecule has 2 amide bonds. The van der Waals surface area contributed by atoms with Crippen molar-refractivity contribution < 1.29 is 26.8 Å². The van der Waals surface area contributed by atoms with Crippen molar-refractivity contribution in [1.82, 2.24) is 10.2 Å². The molecule has 3 rings (SSSR count). The Labute approximate surface area is 222 Å². The highest BCUT2D eigenvalue weighted by Gasteiger charge is 2.34. The molecule has 0 aliphatic carbocycles. The molecule has 0 radical (unpaired) electrons. The van der Waals surface area contributed by atoms with Crippen molar-refractivity contribution in [3.05, 3.63) is 96.1 Å². The van der Waals surface area contributed by atoms with Gasteiger partial charge in [0.25, 0.3) is 10.0 Å². The summed E-state index contributed by atoms with van der Waals surface area (Å²) >= 11 is 0. The second-order valence-corrected chi connectivity index (χ2v) is 10.5. The first-order chi connectivity index (χ1) is 18.2. The summed E-state index contributed by atoms with van der Waals surface area (Å²) in [5.41, 5.74) is 0.250. The Morgan fingerprint density at radius 3 is 2.13 bits per heavy atom. The van der Waals surface area contributed by atoms with Crippen molar-refractivity contribution in [2.45, 2.75) is 44.2 Å². The summed E-state index contributed by atoms with van der Waals surface area (Å²) in [6, 6.07) is 17.2. The van der Waals surface area contributed by atoms with Gasteiger partial charge in [-0.1, -0.05) is 56.3 Å². The maximum atomic E-state index is 14.9. The number of rotatable bonds is 12. The van der Waals surface area contributed by atoms with Crippen LogP contribution >= 0.6 is 0 Å². The second kappa shape index (κ2) is 13.1. The van der Waals surface area contributed by atoms with Gasteiger partial charge in [0.05, 0.1) is 10.6 Å². The van der Waals surface area contributed by atoms with Gasteiger partial charge in [-0.15, -0.1) is 0 Å². The van der Waals surface area contributed by atoms with Gasteiger partial charge in [0.15, 0.2) is 0 Å². The van der Waals surface area contributed by atoms with E-state index in [2.05, 4.69) is 5.32 Å². The van der Waals surface area contributed by atoms with Gasteiger partial charge in [0, 0.05) is 13.1 Å². The Morgan fingerprint density at radius 1 is 0.895 bits per heavy atom. The fourth-order valence-corrected chi connectivity index (χ4v) is 5.40. The predicted octanol–water partition coefficient (Wildman–Crippen LogP) is 4.49. The predicted molar refractivity (Wildman–Crippen MR) is 142 cm³/mol. The Bertz CT molecular complexity index is 1340. The molecule has 3 aromatic rings. The third-order valence-corrected chi connectivity index (χ3v) is 7.71. The number of amides is 2. The van der Waals surface area contributed by atoms with Crippen molar-refractivity contribution in [3.63, 3.8) is 0 Å². The minimum absolute atomic E-state index is 0.0757. The molecule has 0 aliphatic rings. The lowest BCUT2D eigenvalue weighted by Crippen LogP contribution is -2.52. The van der Waals surface area contributed by atoms with Crippen molar-refractivity contribution in [2.24, 2.45) is 0 Å². The molecule has 0 unspecified atom stereocenters. The number of hydrogen-bond donors (Lipinski definition) is 1. The number of nitrogens with one attached hydrogen (secondary N) is 1. The third kappa shape index (κ3) is 6.95. The van der Waals surface area contributed by atoms with Gasteiger partial charge >= 0.3 is 0 Å². The quantitative estimate of drug-likeness (QED) is 0.365. The standard InChI is InChI=1S/C28H31F2N3O4S/c1-3-18-31-28(35)25(4-2)32(19-21-14-16-22(29)17-15-21)27(34)20-33(26-13-9-8-12-24(26)30)38(36,37)23-10-6-5-7-11-23/h5-17,25H,3-4,18-20H2,1-2H3,(H,31,35)/t25-/m0/s1. The molecule has 0 saturated carbocycles.